The molecule has 0 spiro atoms. The fourth-order valence-electron chi connectivity index (χ4n) is 2.45. The smallest absolute Gasteiger partial charge is 0.246 e. The van der Waals surface area contributed by atoms with Gasteiger partial charge in [0.2, 0.25) is 10.0 Å². The SMILES string of the molecule is O=S(=O)(c1cccc2c1OCCO2)N1CCCNCC1. The van der Waals surface area contributed by atoms with E-state index in [1.54, 1.807) is 18.2 Å². The fourth-order valence-corrected chi connectivity index (χ4v) is 4.07. The van der Waals surface area contributed by atoms with E-state index in [4.69, 9.17) is 9.47 Å². The summed E-state index contributed by atoms with van der Waals surface area (Å²) >= 11 is 0. The lowest BCUT2D eigenvalue weighted by molar-refractivity contribution is 0.166. The summed E-state index contributed by atoms with van der Waals surface area (Å²) in [5, 5.41) is 3.20. The number of sulfonamides is 1. The zero-order valence-electron chi connectivity index (χ0n) is 11.2. The van der Waals surface area contributed by atoms with Crippen molar-refractivity contribution in [3.8, 4) is 11.5 Å². The van der Waals surface area contributed by atoms with Crippen LogP contribution in [0.4, 0.5) is 0 Å². The van der Waals surface area contributed by atoms with Gasteiger partial charge in [-0.15, -0.1) is 0 Å². The first-order valence-corrected chi connectivity index (χ1v) is 8.23. The second kappa shape index (κ2) is 5.59. The van der Waals surface area contributed by atoms with Crippen LogP contribution in [0.1, 0.15) is 6.42 Å². The number of nitrogens with zero attached hydrogens (tertiary/aromatic N) is 1. The van der Waals surface area contributed by atoms with E-state index in [1.165, 1.54) is 4.31 Å². The minimum absolute atomic E-state index is 0.205. The number of benzene rings is 1. The van der Waals surface area contributed by atoms with Gasteiger partial charge in [-0.05, 0) is 25.1 Å². The maximum Gasteiger partial charge on any atom is 0.246 e. The molecule has 0 unspecified atom stereocenters. The van der Waals surface area contributed by atoms with Crippen molar-refractivity contribution in [2.24, 2.45) is 0 Å². The van der Waals surface area contributed by atoms with Crippen molar-refractivity contribution in [2.45, 2.75) is 11.3 Å². The van der Waals surface area contributed by atoms with Gasteiger partial charge in [-0.1, -0.05) is 6.07 Å². The van der Waals surface area contributed by atoms with Gasteiger partial charge in [-0.25, -0.2) is 8.42 Å². The summed E-state index contributed by atoms with van der Waals surface area (Å²) in [6.07, 6.45) is 0.811. The molecule has 2 aliphatic heterocycles. The molecule has 1 N–H and O–H groups in total. The molecule has 0 aromatic heterocycles. The number of ether oxygens (including phenoxy) is 2. The van der Waals surface area contributed by atoms with E-state index in [9.17, 15) is 8.42 Å². The monoisotopic (exact) mass is 298 g/mol. The van der Waals surface area contributed by atoms with Crippen LogP contribution in [-0.4, -0.2) is 52.1 Å². The first kappa shape index (κ1) is 13.7. The van der Waals surface area contributed by atoms with E-state index in [2.05, 4.69) is 5.32 Å². The van der Waals surface area contributed by atoms with E-state index < -0.39 is 10.0 Å². The van der Waals surface area contributed by atoms with Gasteiger partial charge in [-0.2, -0.15) is 4.31 Å². The molecule has 0 saturated carbocycles. The van der Waals surface area contributed by atoms with Gasteiger partial charge in [0.1, 0.15) is 18.1 Å². The zero-order chi connectivity index (χ0) is 14.0. The molecule has 6 nitrogen and oxygen atoms in total. The van der Waals surface area contributed by atoms with Crippen molar-refractivity contribution in [1.82, 2.24) is 9.62 Å². The Labute approximate surface area is 118 Å². The fraction of sp³-hybridized carbons (Fsp3) is 0.538. The van der Waals surface area contributed by atoms with Crippen LogP contribution in [0, 0.1) is 0 Å². The van der Waals surface area contributed by atoms with Crippen LogP contribution in [0.5, 0.6) is 11.5 Å². The van der Waals surface area contributed by atoms with Crippen LogP contribution in [0.2, 0.25) is 0 Å². The Bertz CT molecular complexity index is 580. The molecule has 0 amide bonds. The molecule has 0 radical (unpaired) electrons. The molecule has 20 heavy (non-hydrogen) atoms. The van der Waals surface area contributed by atoms with Gasteiger partial charge in [0.25, 0.3) is 0 Å². The van der Waals surface area contributed by atoms with Crippen LogP contribution < -0.4 is 14.8 Å². The lowest BCUT2D eigenvalue weighted by Gasteiger charge is -2.24. The lowest BCUT2D eigenvalue weighted by Crippen LogP contribution is -2.34. The number of nitrogens with one attached hydrogen (secondary N) is 1. The average Bonchev–Trinajstić information content (AvgIpc) is 2.76. The molecule has 7 heteroatoms. The van der Waals surface area contributed by atoms with Crippen molar-refractivity contribution in [2.75, 3.05) is 39.4 Å². The van der Waals surface area contributed by atoms with E-state index in [0.29, 0.717) is 44.3 Å². The summed E-state index contributed by atoms with van der Waals surface area (Å²) in [4.78, 5) is 0.205. The Balaban J connectivity index is 1.98. The van der Waals surface area contributed by atoms with Crippen molar-refractivity contribution in [1.29, 1.82) is 0 Å². The zero-order valence-corrected chi connectivity index (χ0v) is 12.0. The predicted octanol–water partition coefficient (Wildman–Crippen LogP) is 0.442. The normalized spacial score (nSPS) is 20.4. The molecule has 0 aliphatic carbocycles. The molecule has 3 rings (SSSR count). The van der Waals surface area contributed by atoms with Crippen molar-refractivity contribution < 1.29 is 17.9 Å². The van der Waals surface area contributed by atoms with Crippen molar-refractivity contribution in [3.05, 3.63) is 18.2 Å². The highest BCUT2D eigenvalue weighted by molar-refractivity contribution is 7.89. The highest BCUT2D eigenvalue weighted by Gasteiger charge is 2.30. The number of hydrogen-bond acceptors (Lipinski definition) is 5. The van der Waals surface area contributed by atoms with Gasteiger partial charge in [-0.3, -0.25) is 0 Å². The first-order chi connectivity index (χ1) is 9.69. The summed E-state index contributed by atoms with van der Waals surface area (Å²) in [5.74, 6) is 0.848. The van der Waals surface area contributed by atoms with Crippen molar-refractivity contribution >= 4 is 10.0 Å². The third-order valence-electron chi connectivity index (χ3n) is 3.45. The minimum atomic E-state index is -3.54. The molecule has 0 bridgehead atoms. The standard InChI is InChI=1S/C13H18N2O4S/c16-20(17,15-7-2-5-14-6-8-15)12-4-1-3-11-13(12)19-10-9-18-11/h1,3-4,14H,2,5-10H2. The Kier molecular flexibility index (Phi) is 3.82. The largest absolute Gasteiger partial charge is 0.486 e. The van der Waals surface area contributed by atoms with E-state index in [0.717, 1.165) is 13.0 Å². The van der Waals surface area contributed by atoms with E-state index in [-0.39, 0.29) is 4.90 Å². The molecular formula is C13H18N2O4S. The maximum absolute atomic E-state index is 12.8. The van der Waals surface area contributed by atoms with Crippen LogP contribution >= 0.6 is 0 Å². The van der Waals surface area contributed by atoms with Crippen LogP contribution in [0.25, 0.3) is 0 Å². The molecular weight excluding hydrogens is 280 g/mol. The van der Waals surface area contributed by atoms with Gasteiger partial charge in [0, 0.05) is 19.6 Å². The summed E-state index contributed by atoms with van der Waals surface area (Å²) in [5.41, 5.74) is 0. The Morgan fingerprint density at radius 2 is 1.95 bits per heavy atom. The van der Waals surface area contributed by atoms with Crippen LogP contribution in [0.3, 0.4) is 0 Å². The van der Waals surface area contributed by atoms with Crippen molar-refractivity contribution in [3.63, 3.8) is 0 Å². The maximum atomic E-state index is 12.8. The third kappa shape index (κ3) is 2.48. The average molecular weight is 298 g/mol. The number of hydrogen-bond donors (Lipinski definition) is 1. The molecule has 1 saturated heterocycles. The number of para-hydroxylation sites is 1. The van der Waals surface area contributed by atoms with Gasteiger partial charge in [0.05, 0.1) is 0 Å². The Morgan fingerprint density at radius 3 is 2.85 bits per heavy atom. The number of rotatable bonds is 2. The Hall–Kier alpha value is -1.31. The summed E-state index contributed by atoms with van der Waals surface area (Å²) in [7, 11) is -3.54. The predicted molar refractivity (Wildman–Crippen MR) is 73.7 cm³/mol. The Morgan fingerprint density at radius 1 is 1.10 bits per heavy atom. The van der Waals surface area contributed by atoms with E-state index in [1.807, 2.05) is 0 Å². The highest BCUT2D eigenvalue weighted by atomic mass is 32.2. The number of fused-ring (bicyclic) bond motifs is 1. The minimum Gasteiger partial charge on any atom is -0.486 e. The molecule has 2 aliphatic rings. The van der Waals surface area contributed by atoms with Crippen LogP contribution in [-0.2, 0) is 10.0 Å². The molecule has 0 atom stereocenters. The lowest BCUT2D eigenvalue weighted by atomic mass is 10.3. The highest BCUT2D eigenvalue weighted by Crippen LogP contribution is 2.37. The third-order valence-corrected chi connectivity index (χ3v) is 5.37. The van der Waals surface area contributed by atoms with Gasteiger partial charge in [0.15, 0.2) is 11.5 Å². The molecule has 110 valence electrons. The summed E-state index contributed by atoms with van der Waals surface area (Å²) in [6, 6.07) is 5.01. The second-order valence-electron chi connectivity index (χ2n) is 4.79. The van der Waals surface area contributed by atoms with Crippen LogP contribution in [0.15, 0.2) is 23.1 Å². The molecule has 1 aromatic carbocycles. The van der Waals surface area contributed by atoms with E-state index >= 15 is 0 Å². The topological polar surface area (TPSA) is 67.9 Å². The first-order valence-electron chi connectivity index (χ1n) is 6.79. The summed E-state index contributed by atoms with van der Waals surface area (Å²) < 4.78 is 38.0. The molecule has 1 aromatic rings. The molecule has 2 heterocycles. The quantitative estimate of drug-likeness (QED) is 0.858. The van der Waals surface area contributed by atoms with Gasteiger partial charge < -0.3 is 14.8 Å². The second-order valence-corrected chi connectivity index (χ2v) is 6.69. The summed E-state index contributed by atoms with van der Waals surface area (Å²) in [6.45, 7) is 3.35. The van der Waals surface area contributed by atoms with Gasteiger partial charge >= 0.3 is 0 Å². The molecule has 1 fully saturated rings.